The summed E-state index contributed by atoms with van der Waals surface area (Å²) in [6, 6.07) is 0. The lowest BCUT2D eigenvalue weighted by Crippen LogP contribution is -2.30. The molecule has 7 nitrogen and oxygen atoms in total. The molecule has 1 atom stereocenters. The maximum absolute atomic E-state index is 11.7. The molecule has 1 unspecified atom stereocenters. The Labute approximate surface area is 166 Å². The van der Waals surface area contributed by atoms with Gasteiger partial charge in [-0.3, -0.25) is 0 Å². The fraction of sp³-hybridized carbons (Fsp3) is 0.688. The minimum absolute atomic E-state index is 0.688. The summed E-state index contributed by atoms with van der Waals surface area (Å²) in [7, 11) is 4.11. The van der Waals surface area contributed by atoms with Gasteiger partial charge in [-0.05, 0) is 33.4 Å². The number of hydrogen-bond acceptors (Lipinski definition) is 9. The van der Waals surface area contributed by atoms with Gasteiger partial charge >= 0.3 is 0 Å². The van der Waals surface area contributed by atoms with Crippen LogP contribution in [0, 0.1) is 0 Å². The van der Waals surface area contributed by atoms with Gasteiger partial charge in [0.15, 0.2) is 11.1 Å². The summed E-state index contributed by atoms with van der Waals surface area (Å²) < 4.78 is 20.0. The van der Waals surface area contributed by atoms with Crippen LogP contribution in [0.3, 0.4) is 0 Å². The summed E-state index contributed by atoms with van der Waals surface area (Å²) in [6.07, 6.45) is 3.59. The average molecular weight is 415 g/mol. The molecule has 3 heterocycles. The fourth-order valence-electron chi connectivity index (χ4n) is 2.86. The number of piperidine rings is 1. The first-order valence-electron chi connectivity index (χ1n) is 8.86. The number of thioether (sulfide) groups is 1. The van der Waals surface area contributed by atoms with E-state index in [1.54, 1.807) is 11.3 Å². The lowest BCUT2D eigenvalue weighted by molar-refractivity contribution is 0.401. The smallest absolute Gasteiger partial charge is 0.235 e. The first-order chi connectivity index (χ1) is 12.6. The molecule has 1 aliphatic rings. The van der Waals surface area contributed by atoms with Crippen molar-refractivity contribution in [3.05, 3.63) is 16.1 Å². The second kappa shape index (κ2) is 9.84. The Morgan fingerprint density at radius 1 is 1.31 bits per heavy atom. The van der Waals surface area contributed by atoms with Gasteiger partial charge in [0.1, 0.15) is 5.01 Å². The number of nitrogens with one attached hydrogen (secondary N) is 1. The zero-order valence-corrected chi connectivity index (χ0v) is 17.8. The zero-order valence-electron chi connectivity index (χ0n) is 15.3. The standard InChI is InChI=1S/C16H26N6OS3/c1-21(2)10-14-18-13(12-25-14)11-24-9-6-17-15-16(20-26(23)19-15)22-7-4-3-5-8-22/h12H,3-11H2,1-2H3,(H,17,19). The van der Waals surface area contributed by atoms with Gasteiger partial charge in [0.05, 0.1) is 5.69 Å². The topological polar surface area (TPSA) is 80.2 Å². The largest absolute Gasteiger partial charge is 0.546 e. The third-order valence-corrected chi connectivity index (χ3v) is 6.58. The Morgan fingerprint density at radius 2 is 2.12 bits per heavy atom. The molecule has 3 rings (SSSR count). The second-order valence-electron chi connectivity index (χ2n) is 6.58. The second-order valence-corrected chi connectivity index (χ2v) is 9.46. The lowest BCUT2D eigenvalue weighted by Gasteiger charge is -2.25. The molecule has 0 saturated carbocycles. The van der Waals surface area contributed by atoms with Gasteiger partial charge in [-0.15, -0.1) is 11.3 Å². The Bertz CT molecular complexity index is 683. The van der Waals surface area contributed by atoms with Crippen molar-refractivity contribution >= 4 is 45.9 Å². The van der Waals surface area contributed by atoms with Crippen molar-refractivity contribution in [1.82, 2.24) is 18.6 Å². The third kappa shape index (κ3) is 5.78. The van der Waals surface area contributed by atoms with Crippen LogP contribution < -0.4 is 10.2 Å². The molecule has 10 heteroatoms. The quantitative estimate of drug-likeness (QED) is 0.495. The van der Waals surface area contributed by atoms with E-state index in [-0.39, 0.29) is 0 Å². The third-order valence-electron chi connectivity index (χ3n) is 4.04. The van der Waals surface area contributed by atoms with E-state index in [1.807, 2.05) is 11.8 Å². The molecule has 1 saturated heterocycles. The molecule has 0 aliphatic carbocycles. The first-order valence-corrected chi connectivity index (χ1v) is 12.0. The van der Waals surface area contributed by atoms with E-state index in [4.69, 9.17) is 0 Å². The van der Waals surface area contributed by atoms with Crippen LogP contribution in [-0.2, 0) is 12.3 Å². The van der Waals surface area contributed by atoms with Gasteiger partial charge in [0.25, 0.3) is 0 Å². The summed E-state index contributed by atoms with van der Waals surface area (Å²) in [5.41, 5.74) is 1.15. The molecular formula is C16H26N6OS3. The van der Waals surface area contributed by atoms with Gasteiger partial charge in [-0.25, -0.2) is 4.98 Å². The summed E-state index contributed by atoms with van der Waals surface area (Å²) in [6.45, 7) is 3.63. The monoisotopic (exact) mass is 414 g/mol. The van der Waals surface area contributed by atoms with Crippen LogP contribution in [0.4, 0.5) is 11.6 Å². The summed E-state index contributed by atoms with van der Waals surface area (Å²) in [5.74, 6) is 3.32. The zero-order chi connectivity index (χ0) is 18.4. The minimum atomic E-state index is -1.47. The molecule has 1 N–H and O–H groups in total. The van der Waals surface area contributed by atoms with E-state index >= 15 is 0 Å². The van der Waals surface area contributed by atoms with Gasteiger partial charge in [0.2, 0.25) is 11.6 Å². The van der Waals surface area contributed by atoms with Gasteiger partial charge < -0.3 is 19.7 Å². The van der Waals surface area contributed by atoms with E-state index < -0.39 is 11.1 Å². The Kier molecular flexibility index (Phi) is 7.50. The SMILES string of the molecule is CN(C)Cc1nc(CSCCNc2n[s+]([O-])nc2N2CCCCC2)cs1. The first kappa shape index (κ1) is 19.8. The van der Waals surface area contributed by atoms with Crippen molar-refractivity contribution in [3.63, 3.8) is 0 Å². The average Bonchev–Trinajstić information content (AvgIpc) is 3.21. The van der Waals surface area contributed by atoms with Gasteiger partial charge in [-0.1, -0.05) is 0 Å². The van der Waals surface area contributed by atoms with E-state index in [9.17, 15) is 4.55 Å². The molecular weight excluding hydrogens is 388 g/mol. The molecule has 1 fully saturated rings. The Morgan fingerprint density at radius 3 is 2.88 bits per heavy atom. The Balaban J connectivity index is 1.42. The van der Waals surface area contributed by atoms with Crippen LogP contribution in [0.5, 0.6) is 0 Å². The highest BCUT2D eigenvalue weighted by molar-refractivity contribution is 7.98. The van der Waals surface area contributed by atoms with Crippen LogP contribution in [0.2, 0.25) is 0 Å². The highest BCUT2D eigenvalue weighted by Gasteiger charge is 2.23. The summed E-state index contributed by atoms with van der Waals surface area (Å²) in [5, 5.41) is 6.62. The highest BCUT2D eigenvalue weighted by Crippen LogP contribution is 2.29. The van der Waals surface area contributed by atoms with E-state index in [0.717, 1.165) is 67.0 Å². The van der Waals surface area contributed by atoms with Crippen molar-refractivity contribution < 1.29 is 4.55 Å². The van der Waals surface area contributed by atoms with Gasteiger partial charge in [0, 0.05) is 51.8 Å². The molecule has 0 aromatic carbocycles. The number of thiazole rings is 1. The maximum Gasteiger partial charge on any atom is 0.235 e. The molecule has 0 amide bonds. The van der Waals surface area contributed by atoms with Crippen LogP contribution in [0.15, 0.2) is 5.38 Å². The summed E-state index contributed by atoms with van der Waals surface area (Å²) >= 11 is 2.09. The number of anilines is 2. The van der Waals surface area contributed by atoms with Crippen LogP contribution >= 0.6 is 34.2 Å². The van der Waals surface area contributed by atoms with Crippen molar-refractivity contribution in [2.45, 2.75) is 31.6 Å². The maximum atomic E-state index is 11.7. The van der Waals surface area contributed by atoms with Gasteiger partial charge in [-0.2, -0.15) is 11.8 Å². The van der Waals surface area contributed by atoms with Crippen LogP contribution in [0.1, 0.15) is 30.0 Å². The normalized spacial score (nSPS) is 15.7. The van der Waals surface area contributed by atoms with Crippen LogP contribution in [0.25, 0.3) is 0 Å². The van der Waals surface area contributed by atoms with E-state index in [2.05, 4.69) is 48.3 Å². The fourth-order valence-corrected chi connectivity index (χ4v) is 5.31. The summed E-state index contributed by atoms with van der Waals surface area (Å²) in [4.78, 5) is 8.99. The van der Waals surface area contributed by atoms with Crippen molar-refractivity contribution in [2.75, 3.05) is 49.7 Å². The van der Waals surface area contributed by atoms with Crippen molar-refractivity contribution in [1.29, 1.82) is 0 Å². The molecule has 0 bridgehead atoms. The molecule has 2 aromatic rings. The highest BCUT2D eigenvalue weighted by atomic mass is 32.2. The predicted molar refractivity (Wildman–Crippen MR) is 111 cm³/mol. The number of hydrogen-bond donors (Lipinski definition) is 1. The molecule has 2 aromatic heterocycles. The molecule has 26 heavy (non-hydrogen) atoms. The number of rotatable bonds is 9. The van der Waals surface area contributed by atoms with E-state index in [1.165, 1.54) is 6.42 Å². The van der Waals surface area contributed by atoms with Crippen molar-refractivity contribution in [2.24, 2.45) is 0 Å². The number of nitrogens with zero attached hydrogens (tertiary/aromatic N) is 5. The predicted octanol–water partition coefficient (Wildman–Crippen LogP) is 3.06. The lowest BCUT2D eigenvalue weighted by atomic mass is 10.1. The minimum Gasteiger partial charge on any atom is -0.546 e. The Hall–Kier alpha value is -0.940. The number of aromatic nitrogens is 3. The molecule has 1 aliphatic heterocycles. The van der Waals surface area contributed by atoms with Crippen LogP contribution in [-0.4, -0.2) is 62.7 Å². The molecule has 0 radical (unpaired) electrons. The molecule has 0 spiro atoms. The van der Waals surface area contributed by atoms with Crippen molar-refractivity contribution in [3.8, 4) is 0 Å². The van der Waals surface area contributed by atoms with E-state index in [0.29, 0.717) is 5.82 Å². The molecule has 144 valence electrons.